The first-order chi connectivity index (χ1) is 15.0. The summed E-state index contributed by atoms with van der Waals surface area (Å²) in [5, 5.41) is 12.1. The molecule has 1 amide bonds. The predicted octanol–water partition coefficient (Wildman–Crippen LogP) is 1.95. The molecular formula is C22H20N6O3. The number of H-pyrrole nitrogens is 1. The Hall–Kier alpha value is -3.98. The molecule has 0 bridgehead atoms. The van der Waals surface area contributed by atoms with Crippen LogP contribution in [0.3, 0.4) is 0 Å². The number of amides is 1. The number of ether oxygens (including phenoxy) is 1. The van der Waals surface area contributed by atoms with E-state index in [0.29, 0.717) is 40.1 Å². The molecule has 9 nitrogen and oxygen atoms in total. The average Bonchev–Trinajstić information content (AvgIpc) is 3.33. The van der Waals surface area contributed by atoms with Gasteiger partial charge in [0.15, 0.2) is 0 Å². The molecule has 0 fully saturated rings. The van der Waals surface area contributed by atoms with Gasteiger partial charge in [-0.1, -0.05) is 18.2 Å². The summed E-state index contributed by atoms with van der Waals surface area (Å²) in [6.07, 6.45) is 1.71. The number of nitrogens with one attached hydrogen (secondary N) is 1. The van der Waals surface area contributed by atoms with Crippen LogP contribution >= 0.6 is 0 Å². The van der Waals surface area contributed by atoms with Crippen molar-refractivity contribution >= 4 is 22.5 Å². The number of hydrogen-bond donors (Lipinski definition) is 2. The van der Waals surface area contributed by atoms with Gasteiger partial charge in [-0.25, -0.2) is 5.10 Å². The van der Waals surface area contributed by atoms with Gasteiger partial charge in [-0.3, -0.25) is 19.2 Å². The van der Waals surface area contributed by atoms with Gasteiger partial charge >= 0.3 is 0 Å². The molecule has 9 heteroatoms. The zero-order chi connectivity index (χ0) is 21.7. The maximum atomic E-state index is 13.3. The lowest BCUT2D eigenvalue weighted by Gasteiger charge is -2.18. The van der Waals surface area contributed by atoms with E-state index >= 15 is 0 Å². The number of rotatable bonds is 4. The van der Waals surface area contributed by atoms with Crippen LogP contribution in [0.2, 0.25) is 0 Å². The monoisotopic (exact) mass is 416 g/mol. The predicted molar refractivity (Wildman–Crippen MR) is 116 cm³/mol. The molecule has 0 spiro atoms. The summed E-state index contributed by atoms with van der Waals surface area (Å²) in [4.78, 5) is 27.2. The van der Waals surface area contributed by atoms with E-state index < -0.39 is 0 Å². The van der Waals surface area contributed by atoms with Crippen molar-refractivity contribution in [2.45, 2.75) is 13.1 Å². The summed E-state index contributed by atoms with van der Waals surface area (Å²) in [6.45, 7) is 0.608. The van der Waals surface area contributed by atoms with Crippen LogP contribution in [0.25, 0.3) is 21.9 Å². The first-order valence-electron chi connectivity index (χ1n) is 9.75. The van der Waals surface area contributed by atoms with Gasteiger partial charge in [0.2, 0.25) is 0 Å². The fourth-order valence-corrected chi connectivity index (χ4v) is 4.17. The molecule has 0 saturated carbocycles. The molecule has 5 rings (SSSR count). The van der Waals surface area contributed by atoms with Gasteiger partial charge in [-0.15, -0.1) is 0 Å². The van der Waals surface area contributed by atoms with Crippen molar-refractivity contribution < 1.29 is 9.53 Å². The number of hydrogen-bond acceptors (Lipinski definition) is 6. The van der Waals surface area contributed by atoms with Gasteiger partial charge in [0, 0.05) is 24.5 Å². The summed E-state index contributed by atoms with van der Waals surface area (Å²) in [5.41, 5.74) is 9.19. The zero-order valence-corrected chi connectivity index (χ0v) is 17.0. The van der Waals surface area contributed by atoms with Crippen molar-refractivity contribution in [1.29, 1.82) is 0 Å². The van der Waals surface area contributed by atoms with Crippen LogP contribution in [0.15, 0.2) is 47.4 Å². The van der Waals surface area contributed by atoms with E-state index in [0.717, 1.165) is 16.7 Å². The molecule has 1 aliphatic heterocycles. The van der Waals surface area contributed by atoms with Crippen LogP contribution in [0.5, 0.6) is 5.75 Å². The molecule has 0 atom stereocenters. The van der Waals surface area contributed by atoms with Crippen molar-refractivity contribution in [3.63, 3.8) is 0 Å². The van der Waals surface area contributed by atoms with Crippen LogP contribution in [-0.4, -0.2) is 33.0 Å². The highest BCUT2D eigenvalue weighted by Crippen LogP contribution is 2.38. The van der Waals surface area contributed by atoms with Crippen molar-refractivity contribution in [1.82, 2.24) is 20.0 Å². The molecule has 1 aliphatic rings. The largest absolute Gasteiger partial charge is 0.496 e. The van der Waals surface area contributed by atoms with Gasteiger partial charge < -0.3 is 10.5 Å². The normalized spacial score (nSPS) is 13.1. The summed E-state index contributed by atoms with van der Waals surface area (Å²) in [7, 11) is 3.35. The second-order valence-corrected chi connectivity index (χ2v) is 7.36. The Morgan fingerprint density at radius 2 is 2.03 bits per heavy atom. The molecule has 31 heavy (non-hydrogen) atoms. The van der Waals surface area contributed by atoms with Crippen LogP contribution < -0.4 is 20.9 Å². The standard InChI is InChI=1S/C22H20N6O3/c1-27-21(28-11-13-4-3-5-18(31-2)19(13)22(28)30)16(10-24-27)12-6-7-14-15(8-12)17(9-23)25-26-20(14)29/h3-8,10H,9,11,23H2,1-2H3,(H,26,29). The molecule has 156 valence electrons. The summed E-state index contributed by atoms with van der Waals surface area (Å²) in [6, 6.07) is 11.0. The van der Waals surface area contributed by atoms with Crippen molar-refractivity contribution in [2.75, 3.05) is 12.0 Å². The number of methoxy groups -OCH3 is 1. The molecular weight excluding hydrogens is 396 g/mol. The number of aryl methyl sites for hydroxylation is 1. The van der Waals surface area contributed by atoms with Crippen LogP contribution in [0, 0.1) is 0 Å². The highest BCUT2D eigenvalue weighted by molar-refractivity contribution is 6.13. The summed E-state index contributed by atoms with van der Waals surface area (Å²) < 4.78 is 7.08. The maximum absolute atomic E-state index is 13.3. The number of anilines is 1. The number of nitrogens with zero attached hydrogens (tertiary/aromatic N) is 4. The van der Waals surface area contributed by atoms with E-state index in [-0.39, 0.29) is 18.0 Å². The summed E-state index contributed by atoms with van der Waals surface area (Å²) in [5.74, 6) is 1.07. The number of nitrogens with two attached hydrogens (primary N) is 1. The Bertz CT molecular complexity index is 1400. The number of carbonyl (C=O) groups is 1. The van der Waals surface area contributed by atoms with Crippen LogP contribution in [-0.2, 0) is 20.1 Å². The van der Waals surface area contributed by atoms with Crippen LogP contribution in [0.1, 0.15) is 21.6 Å². The fourth-order valence-electron chi connectivity index (χ4n) is 4.17. The smallest absolute Gasteiger partial charge is 0.272 e. The topological polar surface area (TPSA) is 119 Å². The molecule has 3 N–H and O–H groups in total. The van der Waals surface area contributed by atoms with E-state index in [1.54, 1.807) is 42.1 Å². The number of aromatic amines is 1. The Morgan fingerprint density at radius 1 is 1.19 bits per heavy atom. The third-order valence-electron chi connectivity index (χ3n) is 5.65. The van der Waals surface area contributed by atoms with Gasteiger partial charge in [-0.2, -0.15) is 10.2 Å². The van der Waals surface area contributed by atoms with E-state index in [4.69, 9.17) is 10.5 Å². The highest BCUT2D eigenvalue weighted by atomic mass is 16.5. The fraction of sp³-hybridized carbons (Fsp3) is 0.182. The van der Waals surface area contributed by atoms with Crippen molar-refractivity contribution in [3.8, 4) is 16.9 Å². The lowest BCUT2D eigenvalue weighted by molar-refractivity contribution is 0.0992. The van der Waals surface area contributed by atoms with E-state index in [9.17, 15) is 9.59 Å². The Labute approximate surface area is 177 Å². The first-order valence-corrected chi connectivity index (χ1v) is 9.75. The number of aromatic nitrogens is 4. The minimum atomic E-state index is -0.276. The maximum Gasteiger partial charge on any atom is 0.272 e. The van der Waals surface area contributed by atoms with E-state index in [1.165, 1.54) is 0 Å². The van der Waals surface area contributed by atoms with E-state index in [2.05, 4.69) is 15.3 Å². The second kappa shape index (κ2) is 7.06. The zero-order valence-electron chi connectivity index (χ0n) is 17.0. The highest BCUT2D eigenvalue weighted by Gasteiger charge is 2.34. The number of fused-ring (bicyclic) bond motifs is 2. The third kappa shape index (κ3) is 2.82. The Kier molecular flexibility index (Phi) is 4.33. The number of carbonyl (C=O) groups excluding carboxylic acids is 1. The third-order valence-corrected chi connectivity index (χ3v) is 5.65. The molecule has 4 aromatic rings. The molecule has 0 saturated heterocycles. The molecule has 0 radical (unpaired) electrons. The molecule has 0 aliphatic carbocycles. The van der Waals surface area contributed by atoms with Gasteiger partial charge in [0.1, 0.15) is 11.6 Å². The molecule has 0 unspecified atom stereocenters. The van der Waals surface area contributed by atoms with Crippen molar-refractivity contribution in [3.05, 3.63) is 69.8 Å². The van der Waals surface area contributed by atoms with Gasteiger partial charge in [-0.05, 0) is 29.3 Å². The number of benzene rings is 2. The van der Waals surface area contributed by atoms with Gasteiger partial charge in [0.25, 0.3) is 11.5 Å². The quantitative estimate of drug-likeness (QED) is 0.525. The Morgan fingerprint density at radius 3 is 2.81 bits per heavy atom. The first kappa shape index (κ1) is 19.0. The second-order valence-electron chi connectivity index (χ2n) is 7.36. The average molecular weight is 416 g/mol. The molecule has 2 aromatic heterocycles. The van der Waals surface area contributed by atoms with Crippen LogP contribution in [0.4, 0.5) is 5.82 Å². The van der Waals surface area contributed by atoms with Crippen molar-refractivity contribution in [2.24, 2.45) is 12.8 Å². The Balaban J connectivity index is 1.65. The molecule has 2 aromatic carbocycles. The van der Waals surface area contributed by atoms with Gasteiger partial charge in [0.05, 0.1) is 36.5 Å². The minimum Gasteiger partial charge on any atom is -0.496 e. The minimum absolute atomic E-state index is 0.140. The molecule has 3 heterocycles. The lowest BCUT2D eigenvalue weighted by Crippen LogP contribution is -2.26. The lowest BCUT2D eigenvalue weighted by atomic mass is 10.0. The summed E-state index contributed by atoms with van der Waals surface area (Å²) >= 11 is 0. The van der Waals surface area contributed by atoms with E-state index in [1.807, 2.05) is 24.3 Å². The SMILES string of the molecule is COc1cccc2c1C(=O)N(c1c(-c3ccc4c(=O)[nH]nc(CN)c4c3)cnn1C)C2.